The quantitative estimate of drug-likeness (QED) is 0.702. The maximum absolute atomic E-state index is 12.3. The van der Waals surface area contributed by atoms with Crippen molar-refractivity contribution in [1.29, 1.82) is 0 Å². The Kier molecular flexibility index (Phi) is 5.79. The standard InChI is InChI=1S/C17H16Cl3NO2/c1-9-4-10(2)6-12(5-9)23-11(3)17(22)21-16-8-14(19)13(18)7-15(16)20/h4-8,11H,1-3H3,(H,21,22)/t11-/m0/s1. The smallest absolute Gasteiger partial charge is 0.265 e. The van der Waals surface area contributed by atoms with Crippen LogP contribution in [0.1, 0.15) is 18.1 Å². The van der Waals surface area contributed by atoms with Crippen molar-refractivity contribution in [1.82, 2.24) is 0 Å². The van der Waals surface area contributed by atoms with Crippen LogP contribution in [-0.2, 0) is 4.79 Å². The second-order valence-corrected chi connectivity index (χ2v) is 6.54. The zero-order chi connectivity index (χ0) is 17.1. The molecule has 6 heteroatoms. The summed E-state index contributed by atoms with van der Waals surface area (Å²) in [6, 6.07) is 8.78. The molecule has 0 saturated heterocycles. The molecule has 0 aliphatic heterocycles. The molecule has 1 atom stereocenters. The fraction of sp³-hybridized carbons (Fsp3) is 0.235. The first kappa shape index (κ1) is 17.9. The fourth-order valence-electron chi connectivity index (χ4n) is 2.11. The molecule has 0 spiro atoms. The summed E-state index contributed by atoms with van der Waals surface area (Å²) >= 11 is 17.9. The summed E-state index contributed by atoms with van der Waals surface area (Å²) in [6.07, 6.45) is -0.693. The molecule has 122 valence electrons. The van der Waals surface area contributed by atoms with Crippen molar-refractivity contribution in [2.45, 2.75) is 26.9 Å². The van der Waals surface area contributed by atoms with E-state index in [0.717, 1.165) is 11.1 Å². The fourth-order valence-corrected chi connectivity index (χ4v) is 2.71. The number of aryl methyl sites for hydroxylation is 2. The number of nitrogens with one attached hydrogen (secondary N) is 1. The van der Waals surface area contributed by atoms with Crippen molar-refractivity contribution in [2.75, 3.05) is 5.32 Å². The van der Waals surface area contributed by atoms with Gasteiger partial charge in [0.1, 0.15) is 5.75 Å². The van der Waals surface area contributed by atoms with E-state index < -0.39 is 6.10 Å². The largest absolute Gasteiger partial charge is 0.481 e. The van der Waals surface area contributed by atoms with Gasteiger partial charge < -0.3 is 10.1 Å². The minimum atomic E-state index is -0.693. The number of hydrogen-bond donors (Lipinski definition) is 1. The highest BCUT2D eigenvalue weighted by molar-refractivity contribution is 6.44. The van der Waals surface area contributed by atoms with Gasteiger partial charge in [-0.25, -0.2) is 0 Å². The van der Waals surface area contributed by atoms with Crippen molar-refractivity contribution in [3.05, 3.63) is 56.5 Å². The average molecular weight is 373 g/mol. The van der Waals surface area contributed by atoms with Crippen LogP contribution in [0.4, 0.5) is 5.69 Å². The van der Waals surface area contributed by atoms with E-state index in [2.05, 4.69) is 5.32 Å². The van der Waals surface area contributed by atoms with Gasteiger partial charge in [-0.3, -0.25) is 4.79 Å². The molecule has 0 radical (unpaired) electrons. The number of carbonyl (C=O) groups excluding carboxylic acids is 1. The van der Waals surface area contributed by atoms with Crippen LogP contribution in [0.5, 0.6) is 5.75 Å². The first-order valence-electron chi connectivity index (χ1n) is 6.96. The summed E-state index contributed by atoms with van der Waals surface area (Å²) in [4.78, 5) is 12.3. The Morgan fingerprint density at radius 2 is 1.52 bits per heavy atom. The number of ether oxygens (including phenoxy) is 1. The predicted molar refractivity (Wildman–Crippen MR) is 96.1 cm³/mol. The lowest BCUT2D eigenvalue weighted by Crippen LogP contribution is -2.30. The third-order valence-electron chi connectivity index (χ3n) is 3.15. The molecule has 0 aliphatic carbocycles. The zero-order valence-corrected chi connectivity index (χ0v) is 15.2. The molecule has 0 saturated carbocycles. The molecular formula is C17H16Cl3NO2. The van der Waals surface area contributed by atoms with Crippen LogP contribution in [0, 0.1) is 13.8 Å². The van der Waals surface area contributed by atoms with Crippen molar-refractivity contribution in [2.24, 2.45) is 0 Å². The van der Waals surface area contributed by atoms with E-state index in [1.165, 1.54) is 12.1 Å². The van der Waals surface area contributed by atoms with Crippen LogP contribution in [0.2, 0.25) is 15.1 Å². The molecule has 0 fully saturated rings. The maximum atomic E-state index is 12.3. The van der Waals surface area contributed by atoms with Gasteiger partial charge in [0.25, 0.3) is 5.91 Å². The highest BCUT2D eigenvalue weighted by atomic mass is 35.5. The average Bonchev–Trinajstić information content (AvgIpc) is 2.43. The summed E-state index contributed by atoms with van der Waals surface area (Å²) in [5, 5.41) is 3.64. The summed E-state index contributed by atoms with van der Waals surface area (Å²) in [5.74, 6) is 0.315. The molecule has 0 bridgehead atoms. The second-order valence-electron chi connectivity index (χ2n) is 5.32. The van der Waals surface area contributed by atoms with Gasteiger partial charge in [0, 0.05) is 0 Å². The van der Waals surface area contributed by atoms with Gasteiger partial charge in [-0.1, -0.05) is 40.9 Å². The Hall–Kier alpha value is -1.42. The first-order chi connectivity index (χ1) is 10.8. The Balaban J connectivity index is 2.09. The molecule has 2 aromatic carbocycles. The highest BCUT2D eigenvalue weighted by Crippen LogP contribution is 2.32. The lowest BCUT2D eigenvalue weighted by atomic mass is 10.1. The number of hydrogen-bond acceptors (Lipinski definition) is 2. The van der Waals surface area contributed by atoms with E-state index >= 15 is 0 Å². The number of carbonyl (C=O) groups is 1. The lowest BCUT2D eigenvalue weighted by Gasteiger charge is -2.16. The Morgan fingerprint density at radius 3 is 2.13 bits per heavy atom. The Bertz CT molecular complexity index is 727. The molecule has 0 heterocycles. The van der Waals surface area contributed by atoms with Crippen LogP contribution in [0.3, 0.4) is 0 Å². The van der Waals surface area contributed by atoms with Crippen LogP contribution in [-0.4, -0.2) is 12.0 Å². The minimum absolute atomic E-state index is 0.311. The third kappa shape index (κ3) is 4.77. The number of anilines is 1. The number of rotatable bonds is 4. The van der Waals surface area contributed by atoms with Crippen molar-refractivity contribution in [3.63, 3.8) is 0 Å². The second kappa shape index (κ2) is 7.43. The molecule has 2 aromatic rings. The lowest BCUT2D eigenvalue weighted by molar-refractivity contribution is -0.122. The van der Waals surface area contributed by atoms with Crippen LogP contribution < -0.4 is 10.1 Å². The summed E-state index contributed by atoms with van der Waals surface area (Å²) in [5.41, 5.74) is 2.53. The van der Waals surface area contributed by atoms with E-state index in [0.29, 0.717) is 26.5 Å². The number of amides is 1. The predicted octanol–water partition coefficient (Wildman–Crippen LogP) is 5.67. The Morgan fingerprint density at radius 1 is 0.957 bits per heavy atom. The monoisotopic (exact) mass is 371 g/mol. The highest BCUT2D eigenvalue weighted by Gasteiger charge is 2.17. The minimum Gasteiger partial charge on any atom is -0.481 e. The summed E-state index contributed by atoms with van der Waals surface area (Å²) < 4.78 is 5.69. The molecule has 23 heavy (non-hydrogen) atoms. The van der Waals surface area contributed by atoms with Gasteiger partial charge in [-0.15, -0.1) is 0 Å². The number of halogens is 3. The molecule has 1 N–H and O–H groups in total. The Labute approximate surface area is 150 Å². The van der Waals surface area contributed by atoms with Gasteiger partial charge in [-0.05, 0) is 56.2 Å². The van der Waals surface area contributed by atoms with Crippen molar-refractivity contribution in [3.8, 4) is 5.75 Å². The van der Waals surface area contributed by atoms with E-state index in [1.807, 2.05) is 32.0 Å². The van der Waals surface area contributed by atoms with Crippen LogP contribution in [0.15, 0.2) is 30.3 Å². The van der Waals surface area contributed by atoms with Gasteiger partial charge in [0.15, 0.2) is 6.10 Å². The summed E-state index contributed by atoms with van der Waals surface area (Å²) in [6.45, 7) is 5.61. The molecule has 3 nitrogen and oxygen atoms in total. The van der Waals surface area contributed by atoms with Gasteiger partial charge in [-0.2, -0.15) is 0 Å². The van der Waals surface area contributed by atoms with Gasteiger partial charge >= 0.3 is 0 Å². The third-order valence-corrected chi connectivity index (χ3v) is 4.18. The molecule has 0 aliphatic rings. The molecule has 2 rings (SSSR count). The van der Waals surface area contributed by atoms with E-state index in [4.69, 9.17) is 39.5 Å². The first-order valence-corrected chi connectivity index (χ1v) is 8.10. The van der Waals surface area contributed by atoms with Gasteiger partial charge in [0.2, 0.25) is 0 Å². The van der Waals surface area contributed by atoms with Crippen molar-refractivity contribution >= 4 is 46.4 Å². The topological polar surface area (TPSA) is 38.3 Å². The maximum Gasteiger partial charge on any atom is 0.265 e. The molecule has 1 amide bonds. The van der Waals surface area contributed by atoms with E-state index in [1.54, 1.807) is 6.92 Å². The van der Waals surface area contributed by atoms with E-state index in [9.17, 15) is 4.79 Å². The molecule has 0 unspecified atom stereocenters. The number of benzene rings is 2. The van der Waals surface area contributed by atoms with Crippen molar-refractivity contribution < 1.29 is 9.53 Å². The van der Waals surface area contributed by atoms with Crippen LogP contribution >= 0.6 is 34.8 Å². The van der Waals surface area contributed by atoms with E-state index in [-0.39, 0.29) is 5.91 Å². The molecule has 0 aromatic heterocycles. The SMILES string of the molecule is Cc1cc(C)cc(O[C@@H](C)C(=O)Nc2cc(Cl)c(Cl)cc2Cl)c1. The van der Waals surface area contributed by atoms with Crippen LogP contribution in [0.25, 0.3) is 0 Å². The summed E-state index contributed by atoms with van der Waals surface area (Å²) in [7, 11) is 0. The molecular weight excluding hydrogens is 357 g/mol. The normalized spacial score (nSPS) is 11.9. The zero-order valence-electron chi connectivity index (χ0n) is 12.9. The van der Waals surface area contributed by atoms with Gasteiger partial charge in [0.05, 0.1) is 20.8 Å².